The lowest BCUT2D eigenvalue weighted by Crippen LogP contribution is -2.61. The fraction of sp³-hybridized carbons (Fsp3) is 0.310. The third kappa shape index (κ3) is 6.76. The molecule has 0 aliphatic carbocycles. The maximum atomic E-state index is 12.9. The van der Waals surface area contributed by atoms with Crippen molar-refractivity contribution in [1.82, 2.24) is 0 Å². The first kappa shape index (κ1) is 27.3. The molecule has 0 spiro atoms. The van der Waals surface area contributed by atoms with Crippen molar-refractivity contribution in [2.45, 2.75) is 37.3 Å². The van der Waals surface area contributed by atoms with E-state index in [1.165, 1.54) is 7.11 Å². The minimum Gasteiger partial charge on any atom is -0.497 e. The second-order valence-corrected chi connectivity index (χ2v) is 8.60. The SMILES string of the molecule is COc1ccc(COC[C@H]2O[C@H](OC)[C@H](OC(=O)c3ccccc3)[C@@H](OC(=O)c3ccccc3)[C@H]2O)cc1. The summed E-state index contributed by atoms with van der Waals surface area (Å²) in [5.41, 5.74) is 1.46. The molecule has 9 nitrogen and oxygen atoms in total. The van der Waals surface area contributed by atoms with Crippen molar-refractivity contribution in [2.24, 2.45) is 0 Å². The van der Waals surface area contributed by atoms with Crippen molar-refractivity contribution in [2.75, 3.05) is 20.8 Å². The summed E-state index contributed by atoms with van der Waals surface area (Å²) in [6.45, 7) is 0.209. The number of ether oxygens (including phenoxy) is 6. The van der Waals surface area contributed by atoms with Crippen LogP contribution in [0.5, 0.6) is 5.75 Å². The van der Waals surface area contributed by atoms with E-state index in [0.29, 0.717) is 0 Å². The lowest BCUT2D eigenvalue weighted by atomic mass is 9.98. The molecule has 1 aliphatic rings. The Morgan fingerprint density at radius 1 is 0.789 bits per heavy atom. The van der Waals surface area contributed by atoms with Gasteiger partial charge < -0.3 is 33.5 Å². The van der Waals surface area contributed by atoms with Crippen molar-refractivity contribution in [3.63, 3.8) is 0 Å². The zero-order valence-electron chi connectivity index (χ0n) is 21.1. The maximum absolute atomic E-state index is 12.9. The first-order valence-corrected chi connectivity index (χ1v) is 12.1. The molecule has 5 atom stereocenters. The van der Waals surface area contributed by atoms with E-state index in [0.717, 1.165) is 11.3 Å². The Balaban J connectivity index is 1.50. The monoisotopic (exact) mass is 522 g/mol. The van der Waals surface area contributed by atoms with Crippen LogP contribution >= 0.6 is 0 Å². The molecule has 1 aliphatic heterocycles. The summed E-state index contributed by atoms with van der Waals surface area (Å²) < 4.78 is 33.7. The number of benzene rings is 3. The molecular weight excluding hydrogens is 492 g/mol. The normalized spacial score (nSPS) is 22.9. The first-order chi connectivity index (χ1) is 18.5. The molecule has 1 fully saturated rings. The van der Waals surface area contributed by atoms with Gasteiger partial charge in [-0.15, -0.1) is 0 Å². The summed E-state index contributed by atoms with van der Waals surface area (Å²) in [5.74, 6) is -0.643. The molecule has 0 aromatic heterocycles. The van der Waals surface area contributed by atoms with Gasteiger partial charge in [0.1, 0.15) is 18.0 Å². The van der Waals surface area contributed by atoms with Gasteiger partial charge in [-0.3, -0.25) is 0 Å². The van der Waals surface area contributed by atoms with Crippen LogP contribution < -0.4 is 4.74 Å². The number of hydrogen-bond donors (Lipinski definition) is 1. The van der Waals surface area contributed by atoms with Gasteiger partial charge in [0.05, 0.1) is 31.5 Å². The Hall–Kier alpha value is -3.76. The third-order valence-corrected chi connectivity index (χ3v) is 6.07. The lowest BCUT2D eigenvalue weighted by Gasteiger charge is -2.42. The van der Waals surface area contributed by atoms with Gasteiger partial charge in [-0.1, -0.05) is 48.5 Å². The van der Waals surface area contributed by atoms with Gasteiger partial charge in [-0.2, -0.15) is 0 Å². The molecule has 1 saturated heterocycles. The van der Waals surface area contributed by atoms with Crippen LogP contribution in [0.3, 0.4) is 0 Å². The third-order valence-electron chi connectivity index (χ3n) is 6.07. The molecule has 1 N–H and O–H groups in total. The molecule has 9 heteroatoms. The molecule has 3 aromatic carbocycles. The predicted molar refractivity (Wildman–Crippen MR) is 136 cm³/mol. The number of aliphatic hydroxyl groups excluding tert-OH is 1. The fourth-order valence-electron chi connectivity index (χ4n) is 4.02. The van der Waals surface area contributed by atoms with E-state index in [1.807, 2.05) is 24.3 Å². The number of carbonyl (C=O) groups is 2. The number of rotatable bonds is 10. The highest BCUT2D eigenvalue weighted by Gasteiger charge is 2.50. The Kier molecular flexibility index (Phi) is 9.45. The average molecular weight is 523 g/mol. The smallest absolute Gasteiger partial charge is 0.338 e. The van der Waals surface area contributed by atoms with Crippen LogP contribution in [0.2, 0.25) is 0 Å². The number of methoxy groups -OCH3 is 2. The zero-order valence-corrected chi connectivity index (χ0v) is 21.1. The quantitative estimate of drug-likeness (QED) is 0.401. The Bertz CT molecular complexity index is 1170. The predicted octanol–water partition coefficient (Wildman–Crippen LogP) is 3.40. The molecule has 1 heterocycles. The Morgan fingerprint density at radius 2 is 1.34 bits per heavy atom. The van der Waals surface area contributed by atoms with E-state index in [2.05, 4.69) is 0 Å². The van der Waals surface area contributed by atoms with Crippen molar-refractivity contribution in [3.8, 4) is 5.75 Å². The highest BCUT2D eigenvalue weighted by molar-refractivity contribution is 5.90. The molecule has 0 bridgehead atoms. The average Bonchev–Trinajstić information content (AvgIpc) is 2.97. The molecule has 3 aromatic rings. The molecule has 38 heavy (non-hydrogen) atoms. The molecule has 0 saturated carbocycles. The second-order valence-electron chi connectivity index (χ2n) is 8.60. The van der Waals surface area contributed by atoms with Crippen LogP contribution in [-0.2, 0) is 30.3 Å². The highest BCUT2D eigenvalue weighted by atomic mass is 16.7. The highest BCUT2D eigenvalue weighted by Crippen LogP contribution is 2.29. The van der Waals surface area contributed by atoms with Crippen LogP contribution in [-0.4, -0.2) is 68.6 Å². The van der Waals surface area contributed by atoms with E-state index < -0.39 is 42.6 Å². The number of aliphatic hydroxyl groups is 1. The minimum atomic E-state index is -1.38. The minimum absolute atomic E-state index is 0.0359. The van der Waals surface area contributed by atoms with Gasteiger partial charge in [0, 0.05) is 7.11 Å². The van der Waals surface area contributed by atoms with Gasteiger partial charge in [-0.05, 0) is 42.0 Å². The molecule has 0 amide bonds. The van der Waals surface area contributed by atoms with Crippen LogP contribution in [0.1, 0.15) is 26.3 Å². The topological polar surface area (TPSA) is 110 Å². The first-order valence-electron chi connectivity index (χ1n) is 12.1. The summed E-state index contributed by atoms with van der Waals surface area (Å²) in [7, 11) is 2.96. The summed E-state index contributed by atoms with van der Waals surface area (Å²) in [6.07, 6.45) is -5.97. The molecule has 200 valence electrons. The van der Waals surface area contributed by atoms with E-state index in [1.54, 1.807) is 67.8 Å². The Morgan fingerprint density at radius 3 is 1.87 bits per heavy atom. The van der Waals surface area contributed by atoms with E-state index in [-0.39, 0.29) is 24.3 Å². The number of esters is 2. The van der Waals surface area contributed by atoms with Gasteiger partial charge in [0.25, 0.3) is 0 Å². The van der Waals surface area contributed by atoms with Crippen molar-refractivity contribution < 1.29 is 43.1 Å². The molecule has 4 rings (SSSR count). The van der Waals surface area contributed by atoms with Gasteiger partial charge in [-0.25, -0.2) is 9.59 Å². The van der Waals surface area contributed by atoms with E-state index in [4.69, 9.17) is 28.4 Å². The zero-order chi connectivity index (χ0) is 26.9. The molecular formula is C29H30O9. The Labute approximate surface area is 220 Å². The fourth-order valence-corrected chi connectivity index (χ4v) is 4.02. The summed E-state index contributed by atoms with van der Waals surface area (Å²) in [4.78, 5) is 25.8. The van der Waals surface area contributed by atoms with E-state index >= 15 is 0 Å². The lowest BCUT2D eigenvalue weighted by molar-refractivity contribution is -0.295. The number of carbonyl (C=O) groups excluding carboxylic acids is 2. The van der Waals surface area contributed by atoms with Gasteiger partial charge >= 0.3 is 11.9 Å². The van der Waals surface area contributed by atoms with Crippen LogP contribution in [0, 0.1) is 0 Å². The second kappa shape index (κ2) is 13.2. The van der Waals surface area contributed by atoms with E-state index in [9.17, 15) is 14.7 Å². The van der Waals surface area contributed by atoms with Crippen molar-refractivity contribution in [1.29, 1.82) is 0 Å². The molecule has 0 unspecified atom stereocenters. The van der Waals surface area contributed by atoms with Crippen LogP contribution in [0.4, 0.5) is 0 Å². The van der Waals surface area contributed by atoms with Crippen LogP contribution in [0.25, 0.3) is 0 Å². The maximum Gasteiger partial charge on any atom is 0.338 e. The summed E-state index contributed by atoms with van der Waals surface area (Å²) >= 11 is 0. The number of hydrogen-bond acceptors (Lipinski definition) is 9. The van der Waals surface area contributed by atoms with Crippen molar-refractivity contribution in [3.05, 3.63) is 102 Å². The van der Waals surface area contributed by atoms with Crippen molar-refractivity contribution >= 4 is 11.9 Å². The standard InChI is InChI=1S/C29H30O9/c1-33-22-15-13-19(14-16-22)17-35-18-23-24(30)25(37-27(31)20-9-5-3-6-10-20)26(29(34-2)36-23)38-28(32)21-11-7-4-8-12-21/h3-16,23-26,29-30H,17-18H2,1-2H3/t23-,24+,25+,26-,29+/m1/s1. The van der Waals surface area contributed by atoms with Gasteiger partial charge in [0.15, 0.2) is 18.5 Å². The largest absolute Gasteiger partial charge is 0.497 e. The van der Waals surface area contributed by atoms with Gasteiger partial charge in [0.2, 0.25) is 0 Å². The molecule has 0 radical (unpaired) electrons. The summed E-state index contributed by atoms with van der Waals surface area (Å²) in [5, 5.41) is 11.2. The van der Waals surface area contributed by atoms with Crippen LogP contribution in [0.15, 0.2) is 84.9 Å². The summed E-state index contributed by atoms with van der Waals surface area (Å²) in [6, 6.07) is 24.0.